The normalized spacial score (nSPS) is 18.0. The van der Waals surface area contributed by atoms with E-state index in [0.29, 0.717) is 5.69 Å². The van der Waals surface area contributed by atoms with Crippen LogP contribution in [0.25, 0.3) is 0 Å². The topological polar surface area (TPSA) is 104 Å². The van der Waals surface area contributed by atoms with Gasteiger partial charge in [-0.1, -0.05) is 19.3 Å². The smallest absolute Gasteiger partial charge is 0.221 e. The molecule has 0 unspecified atom stereocenters. The highest BCUT2D eigenvalue weighted by atomic mass is 32.2. The molecule has 0 bridgehead atoms. The summed E-state index contributed by atoms with van der Waals surface area (Å²) in [5, 5.41) is 9.41. The lowest BCUT2D eigenvalue weighted by atomic mass is 9.83. The fourth-order valence-electron chi connectivity index (χ4n) is 2.73. The van der Waals surface area contributed by atoms with Gasteiger partial charge in [0, 0.05) is 18.2 Å². The Morgan fingerprint density at radius 3 is 2.73 bits per heavy atom. The fraction of sp³-hybridized carbons (Fsp3) is 0.714. The molecule has 0 saturated heterocycles. The van der Waals surface area contributed by atoms with Crippen molar-refractivity contribution in [2.75, 3.05) is 5.75 Å². The molecule has 1 aromatic rings. The number of sulfonamides is 1. The zero-order valence-electron chi connectivity index (χ0n) is 12.9. The molecule has 22 heavy (non-hydrogen) atoms. The van der Waals surface area contributed by atoms with Gasteiger partial charge in [-0.15, -0.1) is 0 Å². The number of hydrogen-bond donors (Lipinski definition) is 3. The number of carbonyl (C=O) groups is 1. The van der Waals surface area contributed by atoms with E-state index in [0.717, 1.165) is 25.7 Å². The van der Waals surface area contributed by atoms with Crippen LogP contribution in [0.4, 0.5) is 0 Å². The lowest BCUT2D eigenvalue weighted by Gasteiger charge is -2.34. The number of H-pyrrole nitrogens is 1. The van der Waals surface area contributed by atoms with Gasteiger partial charge in [0.15, 0.2) is 0 Å². The van der Waals surface area contributed by atoms with Crippen molar-refractivity contribution in [1.29, 1.82) is 0 Å². The monoisotopic (exact) mass is 328 g/mol. The summed E-state index contributed by atoms with van der Waals surface area (Å²) in [5.74, 6) is -0.403. The summed E-state index contributed by atoms with van der Waals surface area (Å²) >= 11 is 0. The number of aromatic amines is 1. The summed E-state index contributed by atoms with van der Waals surface area (Å²) in [7, 11) is -3.47. The second-order valence-corrected chi connectivity index (χ2v) is 8.07. The predicted molar refractivity (Wildman–Crippen MR) is 83.5 cm³/mol. The van der Waals surface area contributed by atoms with E-state index in [1.165, 1.54) is 6.42 Å². The Morgan fingerprint density at radius 2 is 2.09 bits per heavy atom. The molecule has 1 heterocycles. The van der Waals surface area contributed by atoms with E-state index in [-0.39, 0.29) is 30.2 Å². The third-order valence-electron chi connectivity index (χ3n) is 4.04. The number of amides is 1. The number of hydrogen-bond acceptors (Lipinski definition) is 4. The molecule has 1 fully saturated rings. The zero-order valence-corrected chi connectivity index (χ0v) is 13.7. The Balaban J connectivity index is 1.74. The van der Waals surface area contributed by atoms with Crippen LogP contribution in [0.1, 0.15) is 51.1 Å². The van der Waals surface area contributed by atoms with Crippen molar-refractivity contribution in [3.8, 4) is 0 Å². The highest BCUT2D eigenvalue weighted by Crippen LogP contribution is 2.27. The fourth-order valence-corrected chi connectivity index (χ4v) is 3.70. The zero-order chi connectivity index (χ0) is 16.1. The van der Waals surface area contributed by atoms with Crippen LogP contribution in [-0.4, -0.2) is 35.8 Å². The van der Waals surface area contributed by atoms with E-state index in [9.17, 15) is 13.2 Å². The van der Waals surface area contributed by atoms with E-state index < -0.39 is 10.0 Å². The first-order chi connectivity index (χ1) is 10.4. The third-order valence-corrected chi connectivity index (χ3v) is 5.36. The summed E-state index contributed by atoms with van der Waals surface area (Å²) in [6, 6.07) is 1.69. The van der Waals surface area contributed by atoms with Gasteiger partial charge in [0.25, 0.3) is 0 Å². The number of nitrogens with one attached hydrogen (secondary N) is 3. The summed E-state index contributed by atoms with van der Waals surface area (Å²) in [6.45, 7) is 2.19. The number of aromatic nitrogens is 2. The highest BCUT2D eigenvalue weighted by Gasteiger charge is 2.28. The van der Waals surface area contributed by atoms with E-state index in [2.05, 4.69) is 20.2 Å². The van der Waals surface area contributed by atoms with Crippen molar-refractivity contribution in [2.45, 2.75) is 57.5 Å². The molecule has 0 spiro atoms. The summed E-state index contributed by atoms with van der Waals surface area (Å²) < 4.78 is 26.2. The standard InChI is InChI=1S/C14H24N4O3S/c1-14(7-3-2-4-8-14)17-13(19)6-10-22(20,21)16-11-12-5-9-15-18-12/h5,9,16H,2-4,6-8,10-11H2,1H3,(H,15,18)(H,17,19). The van der Waals surface area contributed by atoms with Crippen molar-refractivity contribution in [1.82, 2.24) is 20.2 Å². The Morgan fingerprint density at radius 1 is 1.36 bits per heavy atom. The Labute approximate surface area is 131 Å². The molecule has 0 radical (unpaired) electrons. The Kier molecular flexibility index (Phi) is 5.57. The van der Waals surface area contributed by atoms with Crippen molar-refractivity contribution in [3.63, 3.8) is 0 Å². The van der Waals surface area contributed by atoms with Gasteiger partial charge >= 0.3 is 0 Å². The number of rotatable bonds is 7. The molecule has 0 atom stereocenters. The van der Waals surface area contributed by atoms with Gasteiger partial charge in [0.05, 0.1) is 18.0 Å². The van der Waals surface area contributed by atoms with Gasteiger partial charge in [-0.05, 0) is 25.8 Å². The molecule has 1 amide bonds. The maximum atomic E-state index is 12.0. The van der Waals surface area contributed by atoms with Crippen LogP contribution in [-0.2, 0) is 21.4 Å². The maximum Gasteiger partial charge on any atom is 0.221 e. The number of carbonyl (C=O) groups excluding carboxylic acids is 1. The first kappa shape index (κ1) is 17.0. The average Bonchev–Trinajstić information content (AvgIpc) is 2.97. The minimum absolute atomic E-state index is 0.0199. The van der Waals surface area contributed by atoms with Crippen molar-refractivity contribution >= 4 is 15.9 Å². The number of nitrogens with zero attached hydrogens (tertiary/aromatic N) is 1. The van der Waals surface area contributed by atoms with Crippen molar-refractivity contribution < 1.29 is 13.2 Å². The molecule has 3 N–H and O–H groups in total. The lowest BCUT2D eigenvalue weighted by Crippen LogP contribution is -2.47. The molecule has 1 aliphatic carbocycles. The Hall–Kier alpha value is -1.41. The summed E-state index contributed by atoms with van der Waals surface area (Å²) in [4.78, 5) is 12.0. The van der Waals surface area contributed by atoms with Crippen molar-refractivity contribution in [2.24, 2.45) is 0 Å². The second-order valence-electron chi connectivity index (χ2n) is 6.14. The molecular formula is C14H24N4O3S. The summed E-state index contributed by atoms with van der Waals surface area (Å²) in [6.07, 6.45) is 6.89. The van der Waals surface area contributed by atoms with E-state index in [4.69, 9.17) is 0 Å². The van der Waals surface area contributed by atoms with Gasteiger partial charge in [0.1, 0.15) is 0 Å². The lowest BCUT2D eigenvalue weighted by molar-refractivity contribution is -0.122. The largest absolute Gasteiger partial charge is 0.351 e. The molecule has 124 valence electrons. The first-order valence-electron chi connectivity index (χ1n) is 7.65. The van der Waals surface area contributed by atoms with Gasteiger partial charge in [-0.3, -0.25) is 9.89 Å². The molecule has 8 heteroatoms. The quantitative estimate of drug-likeness (QED) is 0.696. The maximum absolute atomic E-state index is 12.0. The first-order valence-corrected chi connectivity index (χ1v) is 9.30. The van der Waals surface area contributed by atoms with Gasteiger partial charge in [-0.2, -0.15) is 5.10 Å². The van der Waals surface area contributed by atoms with Gasteiger partial charge in [0.2, 0.25) is 15.9 Å². The summed E-state index contributed by atoms with van der Waals surface area (Å²) in [5.41, 5.74) is 0.505. The molecule has 7 nitrogen and oxygen atoms in total. The van der Waals surface area contributed by atoms with Crippen LogP contribution >= 0.6 is 0 Å². The molecule has 1 saturated carbocycles. The molecule has 1 aliphatic rings. The van der Waals surface area contributed by atoms with Crippen LogP contribution in [0.3, 0.4) is 0 Å². The second kappa shape index (κ2) is 7.23. The average molecular weight is 328 g/mol. The Bertz CT molecular complexity index is 577. The molecule has 1 aromatic heterocycles. The van der Waals surface area contributed by atoms with E-state index >= 15 is 0 Å². The molecule has 2 rings (SSSR count). The highest BCUT2D eigenvalue weighted by molar-refractivity contribution is 7.89. The van der Waals surface area contributed by atoms with Gasteiger partial charge in [-0.25, -0.2) is 13.1 Å². The van der Waals surface area contributed by atoms with Crippen LogP contribution in [0.15, 0.2) is 12.3 Å². The van der Waals surface area contributed by atoms with E-state index in [1.54, 1.807) is 12.3 Å². The van der Waals surface area contributed by atoms with Crippen LogP contribution in [0.2, 0.25) is 0 Å². The minimum Gasteiger partial charge on any atom is -0.351 e. The SMILES string of the molecule is CC1(NC(=O)CCS(=O)(=O)NCc2ccn[nH]2)CCCCC1. The predicted octanol–water partition coefficient (Wildman–Crippen LogP) is 1.06. The van der Waals surface area contributed by atoms with Gasteiger partial charge < -0.3 is 5.32 Å². The van der Waals surface area contributed by atoms with Crippen molar-refractivity contribution in [3.05, 3.63) is 18.0 Å². The van der Waals surface area contributed by atoms with Crippen LogP contribution in [0.5, 0.6) is 0 Å². The molecular weight excluding hydrogens is 304 g/mol. The minimum atomic E-state index is -3.47. The van der Waals surface area contributed by atoms with Crippen LogP contribution in [0, 0.1) is 0 Å². The van der Waals surface area contributed by atoms with Crippen LogP contribution < -0.4 is 10.0 Å². The molecule has 0 aliphatic heterocycles. The molecule has 0 aromatic carbocycles. The van der Waals surface area contributed by atoms with E-state index in [1.807, 2.05) is 6.92 Å². The third kappa shape index (κ3) is 5.42.